The van der Waals surface area contributed by atoms with Gasteiger partial charge in [0, 0.05) is 19.2 Å². The number of fused-ring (bicyclic) bond motifs is 1. The lowest BCUT2D eigenvalue weighted by Crippen LogP contribution is -2.33. The van der Waals surface area contributed by atoms with E-state index in [1.54, 1.807) is 0 Å². The van der Waals surface area contributed by atoms with Gasteiger partial charge in [-0.05, 0) is 37.8 Å². The molecule has 4 rings (SSSR count). The fourth-order valence-corrected chi connectivity index (χ4v) is 5.00. The number of nitrogens with zero attached hydrogens (tertiary/aromatic N) is 2. The van der Waals surface area contributed by atoms with Crippen molar-refractivity contribution in [2.45, 2.75) is 62.2 Å². The van der Waals surface area contributed by atoms with Crippen molar-refractivity contribution in [3.05, 3.63) is 34.6 Å². The summed E-state index contributed by atoms with van der Waals surface area (Å²) in [6.07, 6.45) is 7.68. The van der Waals surface area contributed by atoms with E-state index in [9.17, 15) is 9.59 Å². The van der Waals surface area contributed by atoms with E-state index in [0.717, 1.165) is 45.1 Å². The fraction of sp³-hybridized carbons (Fsp3) is 0.571. The monoisotopic (exact) mass is 401 g/mol. The predicted molar refractivity (Wildman–Crippen MR) is 111 cm³/mol. The number of thioether (sulfide) groups is 1. The molecular weight excluding hydrogens is 374 g/mol. The molecule has 0 bridgehead atoms. The zero-order chi connectivity index (χ0) is 19.3. The molecule has 1 aromatic heterocycles. The van der Waals surface area contributed by atoms with E-state index in [1.165, 1.54) is 18.2 Å². The Labute approximate surface area is 169 Å². The van der Waals surface area contributed by atoms with Crippen molar-refractivity contribution in [2.75, 3.05) is 18.9 Å². The number of para-hydroxylation sites is 1. The first-order valence-electron chi connectivity index (χ1n) is 10.2. The van der Waals surface area contributed by atoms with Crippen molar-refractivity contribution in [3.8, 4) is 0 Å². The van der Waals surface area contributed by atoms with E-state index in [4.69, 9.17) is 9.72 Å². The number of hydrogen-bond donors (Lipinski definition) is 1. The average Bonchev–Trinajstić information content (AvgIpc) is 3.25. The lowest BCUT2D eigenvalue weighted by Gasteiger charge is -2.26. The van der Waals surface area contributed by atoms with Crippen LogP contribution in [-0.4, -0.2) is 40.5 Å². The number of amides is 1. The number of ether oxygens (including phenoxy) is 1. The number of aromatic nitrogens is 2. The first-order chi connectivity index (χ1) is 13.7. The summed E-state index contributed by atoms with van der Waals surface area (Å²) in [7, 11) is 0. The van der Waals surface area contributed by atoms with Crippen molar-refractivity contribution in [1.29, 1.82) is 0 Å². The van der Waals surface area contributed by atoms with Crippen LogP contribution in [0.1, 0.15) is 51.0 Å². The van der Waals surface area contributed by atoms with E-state index >= 15 is 0 Å². The quantitative estimate of drug-likeness (QED) is 0.594. The van der Waals surface area contributed by atoms with Gasteiger partial charge in [-0.15, -0.1) is 0 Å². The Morgan fingerprint density at radius 1 is 1.18 bits per heavy atom. The van der Waals surface area contributed by atoms with Gasteiger partial charge in [0.15, 0.2) is 5.16 Å². The van der Waals surface area contributed by atoms with E-state index < -0.39 is 0 Å². The Hall–Kier alpha value is -1.86. The van der Waals surface area contributed by atoms with Crippen LogP contribution in [0.4, 0.5) is 0 Å². The molecule has 0 radical (unpaired) electrons. The van der Waals surface area contributed by atoms with Crippen LogP contribution in [0.3, 0.4) is 0 Å². The molecule has 1 saturated carbocycles. The Morgan fingerprint density at radius 3 is 2.79 bits per heavy atom. The van der Waals surface area contributed by atoms with E-state index in [0.29, 0.717) is 22.6 Å². The third-order valence-electron chi connectivity index (χ3n) is 5.60. The molecule has 0 spiro atoms. The Balaban J connectivity index is 1.52. The zero-order valence-electron chi connectivity index (χ0n) is 16.1. The van der Waals surface area contributed by atoms with Gasteiger partial charge in [0.05, 0.1) is 22.8 Å². The molecule has 1 aliphatic heterocycles. The molecule has 150 valence electrons. The second-order valence-corrected chi connectivity index (χ2v) is 8.55. The second kappa shape index (κ2) is 9.09. The minimum atomic E-state index is -0.0434. The fourth-order valence-electron chi connectivity index (χ4n) is 4.10. The van der Waals surface area contributed by atoms with Gasteiger partial charge in [-0.25, -0.2) is 4.98 Å². The second-order valence-electron chi connectivity index (χ2n) is 7.61. The van der Waals surface area contributed by atoms with Gasteiger partial charge in [-0.3, -0.25) is 14.2 Å². The molecule has 2 fully saturated rings. The van der Waals surface area contributed by atoms with Crippen molar-refractivity contribution < 1.29 is 9.53 Å². The normalized spacial score (nSPS) is 20.5. The van der Waals surface area contributed by atoms with Crippen molar-refractivity contribution >= 4 is 28.6 Å². The first kappa shape index (κ1) is 19.5. The molecule has 2 aromatic rings. The minimum Gasteiger partial charge on any atom is -0.376 e. The Morgan fingerprint density at radius 2 is 2.00 bits per heavy atom. The zero-order valence-corrected chi connectivity index (χ0v) is 16.9. The summed E-state index contributed by atoms with van der Waals surface area (Å²) in [5.74, 6) is 0.211. The number of carbonyl (C=O) groups is 1. The van der Waals surface area contributed by atoms with Crippen molar-refractivity contribution in [2.24, 2.45) is 0 Å². The van der Waals surface area contributed by atoms with Crippen LogP contribution in [0, 0.1) is 0 Å². The average molecular weight is 402 g/mol. The summed E-state index contributed by atoms with van der Waals surface area (Å²) in [6, 6.07) is 7.65. The minimum absolute atomic E-state index is 0.0137. The maximum atomic E-state index is 13.2. The van der Waals surface area contributed by atoms with Gasteiger partial charge in [0.1, 0.15) is 0 Å². The van der Waals surface area contributed by atoms with Crippen LogP contribution in [0.5, 0.6) is 0 Å². The maximum absolute atomic E-state index is 13.2. The van der Waals surface area contributed by atoms with Crippen molar-refractivity contribution in [1.82, 2.24) is 14.9 Å². The highest BCUT2D eigenvalue weighted by Crippen LogP contribution is 2.31. The molecule has 28 heavy (non-hydrogen) atoms. The molecule has 2 aliphatic rings. The van der Waals surface area contributed by atoms with Crippen LogP contribution in [0.25, 0.3) is 10.9 Å². The van der Waals surface area contributed by atoms with Gasteiger partial charge in [-0.1, -0.05) is 43.2 Å². The molecule has 1 N–H and O–H groups in total. The predicted octanol–water partition coefficient (Wildman–Crippen LogP) is 3.29. The molecular formula is C21H27N3O3S. The van der Waals surface area contributed by atoms with Crippen LogP contribution in [-0.2, 0) is 9.53 Å². The molecule has 1 atom stereocenters. The van der Waals surface area contributed by atoms with Gasteiger partial charge in [-0.2, -0.15) is 0 Å². The van der Waals surface area contributed by atoms with E-state index in [2.05, 4.69) is 5.32 Å². The molecule has 1 saturated heterocycles. The SMILES string of the molecule is O=C(CSc1nc2ccccc2c(=O)n1C1CCCCC1)NCC1CCCO1. The van der Waals surface area contributed by atoms with E-state index in [1.807, 2.05) is 28.8 Å². The highest BCUT2D eigenvalue weighted by atomic mass is 32.2. The van der Waals surface area contributed by atoms with Gasteiger partial charge in [0.2, 0.25) is 5.91 Å². The summed E-state index contributed by atoms with van der Waals surface area (Å²) >= 11 is 1.36. The van der Waals surface area contributed by atoms with Gasteiger partial charge >= 0.3 is 0 Å². The van der Waals surface area contributed by atoms with Crippen LogP contribution < -0.4 is 10.9 Å². The Kier molecular flexibility index (Phi) is 6.32. The van der Waals surface area contributed by atoms with Crippen LogP contribution in [0.15, 0.2) is 34.2 Å². The number of carbonyl (C=O) groups excluding carboxylic acids is 1. The summed E-state index contributed by atoms with van der Waals surface area (Å²) < 4.78 is 7.40. The molecule has 1 amide bonds. The third-order valence-corrected chi connectivity index (χ3v) is 6.55. The number of benzene rings is 1. The summed E-state index contributed by atoms with van der Waals surface area (Å²) in [5, 5.41) is 4.25. The molecule has 1 unspecified atom stereocenters. The summed E-state index contributed by atoms with van der Waals surface area (Å²) in [4.78, 5) is 30.2. The molecule has 6 nitrogen and oxygen atoms in total. The standard InChI is InChI=1S/C21H27N3O3S/c25-19(22-13-16-9-6-12-27-16)14-28-21-23-18-11-5-4-10-17(18)20(26)24(21)15-7-2-1-3-8-15/h4-5,10-11,15-16H,1-3,6-9,12-14H2,(H,22,25). The smallest absolute Gasteiger partial charge is 0.262 e. The van der Waals surface area contributed by atoms with Gasteiger partial charge < -0.3 is 10.1 Å². The molecule has 2 heterocycles. The highest BCUT2D eigenvalue weighted by Gasteiger charge is 2.22. The summed E-state index contributed by atoms with van der Waals surface area (Å²) in [6.45, 7) is 1.34. The first-order valence-corrected chi connectivity index (χ1v) is 11.2. The summed E-state index contributed by atoms with van der Waals surface area (Å²) in [5.41, 5.74) is 0.710. The Bertz CT molecular complexity index is 886. The van der Waals surface area contributed by atoms with E-state index in [-0.39, 0.29) is 29.4 Å². The molecule has 1 aromatic carbocycles. The number of rotatable bonds is 6. The molecule has 7 heteroatoms. The van der Waals surface area contributed by atoms with Crippen molar-refractivity contribution in [3.63, 3.8) is 0 Å². The largest absolute Gasteiger partial charge is 0.376 e. The lowest BCUT2D eigenvalue weighted by molar-refractivity contribution is -0.119. The topological polar surface area (TPSA) is 73.2 Å². The third kappa shape index (κ3) is 4.41. The number of hydrogen-bond acceptors (Lipinski definition) is 5. The van der Waals surface area contributed by atoms with Crippen LogP contribution in [0.2, 0.25) is 0 Å². The van der Waals surface area contributed by atoms with Gasteiger partial charge in [0.25, 0.3) is 5.56 Å². The highest BCUT2D eigenvalue weighted by molar-refractivity contribution is 7.99. The maximum Gasteiger partial charge on any atom is 0.262 e. The van der Waals surface area contributed by atoms with Crippen LogP contribution >= 0.6 is 11.8 Å². The lowest BCUT2D eigenvalue weighted by atomic mass is 9.95. The number of nitrogens with one attached hydrogen (secondary N) is 1. The molecule has 1 aliphatic carbocycles.